The first kappa shape index (κ1) is 12.2. The molecule has 0 aromatic heterocycles. The topological polar surface area (TPSA) is 21.3 Å². The Morgan fingerprint density at radius 3 is 2.78 bits per heavy atom. The fraction of sp³-hybridized carbons (Fsp3) is 0.625. The van der Waals surface area contributed by atoms with Gasteiger partial charge in [-0.3, -0.25) is 0 Å². The number of benzene rings is 1. The Labute approximate surface area is 110 Å². The second-order valence-corrected chi connectivity index (χ2v) is 6.14. The first-order chi connectivity index (χ1) is 8.65. The van der Waals surface area contributed by atoms with Gasteiger partial charge in [-0.2, -0.15) is 0 Å². The van der Waals surface area contributed by atoms with Crippen molar-refractivity contribution in [2.45, 2.75) is 50.7 Å². The lowest BCUT2D eigenvalue weighted by Crippen LogP contribution is -2.61. The van der Waals surface area contributed by atoms with Crippen LogP contribution in [-0.2, 0) is 17.6 Å². The van der Waals surface area contributed by atoms with Crippen LogP contribution < -0.4 is 5.32 Å². The summed E-state index contributed by atoms with van der Waals surface area (Å²) in [5, 5.41) is 3.59. The molecule has 0 amide bonds. The van der Waals surface area contributed by atoms with Gasteiger partial charge in [-0.15, -0.1) is 0 Å². The first-order valence-corrected chi connectivity index (χ1v) is 7.12. The Kier molecular flexibility index (Phi) is 2.95. The smallest absolute Gasteiger partial charge is 0.0857 e. The summed E-state index contributed by atoms with van der Waals surface area (Å²) in [4.78, 5) is 0. The van der Waals surface area contributed by atoms with Crippen LogP contribution in [0.1, 0.15) is 37.8 Å². The lowest BCUT2D eigenvalue weighted by atomic mass is 9.78. The molecule has 2 nitrogen and oxygen atoms in total. The summed E-state index contributed by atoms with van der Waals surface area (Å²) in [5.41, 5.74) is 3.02. The number of hydrogen-bond donors (Lipinski definition) is 1. The number of hydrogen-bond acceptors (Lipinski definition) is 2. The summed E-state index contributed by atoms with van der Waals surface area (Å²) < 4.78 is 6.55. The SMILES string of the molecule is CCC1(C)CNCC2(CCc3ccccc3C2)O1. The van der Waals surface area contributed by atoms with Crippen LogP contribution in [0.3, 0.4) is 0 Å². The van der Waals surface area contributed by atoms with Gasteiger partial charge in [-0.1, -0.05) is 31.2 Å². The van der Waals surface area contributed by atoms with Crippen molar-refractivity contribution < 1.29 is 4.74 Å². The standard InChI is InChI=1S/C16H23NO/c1-3-15(2)11-17-12-16(18-15)9-8-13-6-4-5-7-14(13)10-16/h4-7,17H,3,8-12H2,1-2H3. The van der Waals surface area contributed by atoms with Crippen LogP contribution in [0.25, 0.3) is 0 Å². The van der Waals surface area contributed by atoms with Gasteiger partial charge in [-0.05, 0) is 37.3 Å². The highest BCUT2D eigenvalue weighted by Gasteiger charge is 2.43. The van der Waals surface area contributed by atoms with E-state index in [1.54, 1.807) is 0 Å². The first-order valence-electron chi connectivity index (χ1n) is 7.12. The fourth-order valence-electron chi connectivity index (χ4n) is 3.36. The molecule has 1 N–H and O–H groups in total. The van der Waals surface area contributed by atoms with Gasteiger partial charge < -0.3 is 10.1 Å². The van der Waals surface area contributed by atoms with Gasteiger partial charge in [0.2, 0.25) is 0 Å². The Bertz CT molecular complexity index is 444. The van der Waals surface area contributed by atoms with Crippen molar-refractivity contribution in [3.63, 3.8) is 0 Å². The zero-order valence-electron chi connectivity index (χ0n) is 11.5. The average molecular weight is 245 g/mol. The predicted molar refractivity (Wildman–Crippen MR) is 73.8 cm³/mol. The highest BCUT2D eigenvalue weighted by atomic mass is 16.5. The third kappa shape index (κ3) is 2.08. The number of fused-ring (bicyclic) bond motifs is 1. The number of aryl methyl sites for hydroxylation is 1. The predicted octanol–water partition coefficient (Wildman–Crippen LogP) is 2.70. The second-order valence-electron chi connectivity index (χ2n) is 6.14. The molecule has 0 saturated carbocycles. The molecule has 2 aliphatic rings. The second kappa shape index (κ2) is 4.36. The monoisotopic (exact) mass is 245 g/mol. The molecule has 2 unspecified atom stereocenters. The maximum Gasteiger partial charge on any atom is 0.0857 e. The Morgan fingerprint density at radius 2 is 2.00 bits per heavy atom. The van der Waals surface area contributed by atoms with E-state index in [-0.39, 0.29) is 11.2 Å². The van der Waals surface area contributed by atoms with Gasteiger partial charge in [-0.25, -0.2) is 0 Å². The highest BCUT2D eigenvalue weighted by Crippen LogP contribution is 2.37. The van der Waals surface area contributed by atoms with Crippen LogP contribution in [0, 0.1) is 0 Å². The van der Waals surface area contributed by atoms with Crippen molar-refractivity contribution in [3.05, 3.63) is 35.4 Å². The molecule has 1 aliphatic heterocycles. The maximum atomic E-state index is 6.55. The van der Waals surface area contributed by atoms with E-state index in [9.17, 15) is 0 Å². The summed E-state index contributed by atoms with van der Waals surface area (Å²) >= 11 is 0. The zero-order valence-corrected chi connectivity index (χ0v) is 11.5. The van der Waals surface area contributed by atoms with E-state index in [1.165, 1.54) is 11.1 Å². The fourth-order valence-corrected chi connectivity index (χ4v) is 3.36. The number of morpholine rings is 1. The third-order valence-electron chi connectivity index (χ3n) is 4.64. The van der Waals surface area contributed by atoms with E-state index in [4.69, 9.17) is 4.74 Å². The molecule has 1 aliphatic carbocycles. The average Bonchev–Trinajstić information content (AvgIpc) is 2.38. The third-order valence-corrected chi connectivity index (χ3v) is 4.64. The van der Waals surface area contributed by atoms with Crippen LogP contribution in [0.2, 0.25) is 0 Å². The highest BCUT2D eigenvalue weighted by molar-refractivity contribution is 5.32. The summed E-state index contributed by atoms with van der Waals surface area (Å²) in [6.07, 6.45) is 4.43. The van der Waals surface area contributed by atoms with Crippen LogP contribution in [0.4, 0.5) is 0 Å². The zero-order chi connectivity index (χ0) is 12.6. The summed E-state index contributed by atoms with van der Waals surface area (Å²) in [6, 6.07) is 8.81. The lowest BCUT2D eigenvalue weighted by molar-refractivity contribution is -0.176. The molecular formula is C16H23NO. The quantitative estimate of drug-likeness (QED) is 0.821. The molecule has 1 saturated heterocycles. The molecule has 1 heterocycles. The van der Waals surface area contributed by atoms with Gasteiger partial charge in [0.25, 0.3) is 0 Å². The van der Waals surface area contributed by atoms with E-state index in [0.29, 0.717) is 0 Å². The molecule has 1 spiro atoms. The van der Waals surface area contributed by atoms with E-state index in [2.05, 4.69) is 43.4 Å². The van der Waals surface area contributed by atoms with Crippen LogP contribution in [-0.4, -0.2) is 24.3 Å². The normalized spacial score (nSPS) is 35.4. The summed E-state index contributed by atoms with van der Waals surface area (Å²) in [6.45, 7) is 6.43. The molecule has 3 rings (SSSR count). The minimum atomic E-state index is 0.00450. The molecule has 2 heteroatoms. The molecule has 18 heavy (non-hydrogen) atoms. The number of rotatable bonds is 1. The van der Waals surface area contributed by atoms with E-state index >= 15 is 0 Å². The minimum absolute atomic E-state index is 0.00450. The van der Waals surface area contributed by atoms with Crippen molar-refractivity contribution in [3.8, 4) is 0 Å². The minimum Gasteiger partial charge on any atom is -0.366 e. The molecule has 2 atom stereocenters. The van der Waals surface area contributed by atoms with Gasteiger partial charge in [0, 0.05) is 19.5 Å². The Morgan fingerprint density at radius 1 is 1.22 bits per heavy atom. The largest absolute Gasteiger partial charge is 0.366 e. The number of nitrogens with one attached hydrogen (secondary N) is 1. The van der Waals surface area contributed by atoms with E-state index < -0.39 is 0 Å². The van der Waals surface area contributed by atoms with E-state index in [1.807, 2.05) is 0 Å². The molecular weight excluding hydrogens is 222 g/mol. The Hall–Kier alpha value is -0.860. The maximum absolute atomic E-state index is 6.55. The van der Waals surface area contributed by atoms with E-state index in [0.717, 1.165) is 38.8 Å². The van der Waals surface area contributed by atoms with Gasteiger partial charge >= 0.3 is 0 Å². The lowest BCUT2D eigenvalue weighted by Gasteiger charge is -2.49. The number of ether oxygens (including phenoxy) is 1. The molecule has 1 fully saturated rings. The van der Waals surface area contributed by atoms with Crippen LogP contribution in [0.15, 0.2) is 24.3 Å². The van der Waals surface area contributed by atoms with Gasteiger partial charge in [0.05, 0.1) is 11.2 Å². The Balaban J connectivity index is 1.85. The molecule has 0 radical (unpaired) electrons. The van der Waals surface area contributed by atoms with Gasteiger partial charge in [0.1, 0.15) is 0 Å². The van der Waals surface area contributed by atoms with Crippen LogP contribution in [0.5, 0.6) is 0 Å². The van der Waals surface area contributed by atoms with Gasteiger partial charge in [0.15, 0.2) is 0 Å². The molecule has 1 aromatic rings. The molecule has 0 bridgehead atoms. The van der Waals surface area contributed by atoms with Crippen LogP contribution >= 0.6 is 0 Å². The molecule has 98 valence electrons. The van der Waals surface area contributed by atoms with Crippen molar-refractivity contribution in [1.29, 1.82) is 0 Å². The van der Waals surface area contributed by atoms with Crippen molar-refractivity contribution in [2.75, 3.05) is 13.1 Å². The van der Waals surface area contributed by atoms with Crippen molar-refractivity contribution >= 4 is 0 Å². The molecule has 1 aromatic carbocycles. The van der Waals surface area contributed by atoms with Crippen molar-refractivity contribution in [2.24, 2.45) is 0 Å². The summed E-state index contributed by atoms with van der Waals surface area (Å²) in [5.74, 6) is 0. The van der Waals surface area contributed by atoms with Crippen molar-refractivity contribution in [1.82, 2.24) is 5.32 Å². The summed E-state index contributed by atoms with van der Waals surface area (Å²) in [7, 11) is 0.